The zero-order valence-corrected chi connectivity index (χ0v) is 36.3. The van der Waals surface area contributed by atoms with E-state index in [9.17, 15) is 29.4 Å². The number of aliphatic hydroxyl groups is 2. The summed E-state index contributed by atoms with van der Waals surface area (Å²) in [7, 11) is 5.37. The molecule has 1 saturated carbocycles. The fraction of sp³-hybridized carbons (Fsp3) is 0.556. The Morgan fingerprint density at radius 2 is 2.07 bits per heavy atom. The monoisotopic (exact) mass is 860 g/mol. The minimum atomic E-state index is -1.22. The van der Waals surface area contributed by atoms with Crippen LogP contribution in [-0.4, -0.2) is 101 Å². The van der Waals surface area contributed by atoms with Crippen molar-refractivity contribution in [2.45, 2.75) is 94.3 Å². The highest BCUT2D eigenvalue weighted by Gasteiger charge is 2.64. The third kappa shape index (κ3) is 7.41. The maximum atomic E-state index is 14.5. The number of nitrogens with two attached hydrogens (primary N) is 1. The highest BCUT2D eigenvalue weighted by Crippen LogP contribution is 2.58. The van der Waals surface area contributed by atoms with Gasteiger partial charge < -0.3 is 50.2 Å². The van der Waals surface area contributed by atoms with Gasteiger partial charge in [-0.25, -0.2) is 9.59 Å². The number of esters is 1. The van der Waals surface area contributed by atoms with E-state index in [0.717, 1.165) is 28.6 Å². The van der Waals surface area contributed by atoms with Crippen molar-refractivity contribution in [1.82, 2.24) is 15.5 Å². The molecule has 0 bridgehead atoms. The van der Waals surface area contributed by atoms with Gasteiger partial charge in [-0.2, -0.15) is 0 Å². The molecule has 1 spiro atoms. The summed E-state index contributed by atoms with van der Waals surface area (Å²) in [5.41, 5.74) is 8.55. The smallest absolute Gasteiger partial charge is 0.339 e. The number of nitrogens with one attached hydrogen (secondary N) is 2. The summed E-state index contributed by atoms with van der Waals surface area (Å²) in [5.74, 6) is 0.465. The average Bonchev–Trinajstić information content (AvgIpc) is 3.59. The van der Waals surface area contributed by atoms with Crippen LogP contribution in [0.15, 0.2) is 73.8 Å². The number of allylic oxidation sites excluding steroid dienone is 2. The summed E-state index contributed by atoms with van der Waals surface area (Å²) < 4.78 is 19.8. The largest absolute Gasteiger partial charge is 0.481 e. The summed E-state index contributed by atoms with van der Waals surface area (Å²) in [6, 6.07) is 5.56. The van der Waals surface area contributed by atoms with Crippen molar-refractivity contribution in [3.8, 4) is 5.75 Å². The topological polar surface area (TPSA) is 194 Å². The number of carbonyl (C=O) groups is 3. The molecular formula is C45H56N4O9S2. The summed E-state index contributed by atoms with van der Waals surface area (Å²) in [4.78, 5) is 56.0. The number of rotatable bonds is 10. The molecule has 2 aliphatic carbocycles. The second-order valence-electron chi connectivity index (χ2n) is 17.5. The van der Waals surface area contributed by atoms with Crippen molar-refractivity contribution < 1.29 is 38.5 Å². The van der Waals surface area contributed by atoms with Crippen molar-refractivity contribution in [1.29, 1.82) is 0 Å². The Labute approximate surface area is 358 Å². The van der Waals surface area contributed by atoms with E-state index in [1.165, 1.54) is 0 Å². The third-order valence-corrected chi connectivity index (χ3v) is 16.8. The van der Waals surface area contributed by atoms with Gasteiger partial charge in [-0.05, 0) is 94.3 Å². The van der Waals surface area contributed by atoms with E-state index in [0.29, 0.717) is 91.0 Å². The molecule has 4 aliphatic heterocycles. The third-order valence-electron chi connectivity index (χ3n) is 14.0. The molecule has 60 heavy (non-hydrogen) atoms. The molecule has 8 rings (SSSR count). The quantitative estimate of drug-likeness (QED) is 0.0573. The van der Waals surface area contributed by atoms with E-state index in [4.69, 9.17) is 19.6 Å². The number of aldehydes is 1. The average molecular weight is 861 g/mol. The number of nitrogens with zero attached hydrogens (tertiary/aromatic N) is 1. The number of fused-ring (bicyclic) bond motifs is 5. The normalized spacial score (nSPS) is 31.8. The second-order valence-corrected chi connectivity index (χ2v) is 20.1. The molecule has 15 heteroatoms. The molecule has 5 heterocycles. The lowest BCUT2D eigenvalue weighted by atomic mass is 9.61. The van der Waals surface area contributed by atoms with Gasteiger partial charge in [0.1, 0.15) is 17.6 Å². The standard InChI is InChI=1S/C45H56N4O9S2/c1-5-24(2)42(54)58-44(3)9-8-26-23-59-60-36-14-31(22-52)40(47-4)33-20-49(41(33)36)38(53)15-30-19-48-37(46)16-32(30)39(26)45(44)18-29-13-27-12-28(11-25(21-51)7-6-10-50)43(55)56-34(27)17-35(29)57-45/h5,8,12-13,16-17,22,25,31,33,36,39-41,47-48,50-51H,6-7,9-11,14-15,18-21,23,46H2,1-4H3. The Morgan fingerprint density at radius 1 is 1.25 bits per heavy atom. The van der Waals surface area contributed by atoms with Crippen LogP contribution in [0.5, 0.6) is 5.75 Å². The minimum absolute atomic E-state index is 0.00127. The molecule has 9 atom stereocenters. The van der Waals surface area contributed by atoms with Crippen LogP contribution in [-0.2, 0) is 32.0 Å². The van der Waals surface area contributed by atoms with Gasteiger partial charge in [0.2, 0.25) is 5.91 Å². The van der Waals surface area contributed by atoms with Crippen molar-refractivity contribution in [3.05, 3.63) is 86.1 Å². The molecule has 1 saturated heterocycles. The number of dihydropyridines is 1. The van der Waals surface area contributed by atoms with Crippen LogP contribution in [0.25, 0.3) is 11.0 Å². The van der Waals surface area contributed by atoms with Crippen LogP contribution in [0.4, 0.5) is 0 Å². The Balaban J connectivity index is 1.25. The summed E-state index contributed by atoms with van der Waals surface area (Å²) in [6.45, 7) is 6.27. The SMILES string of the molecule is CC=C(C)C(=O)OC1(C)CC=C2CSSC3CC(C=O)C(NC)C4CN(C(=O)CC5=C(C=C(N)NC5)C2C12Cc1cc5cc(CC(CO)CCCO)c(=O)oc5cc1O2)C34. The van der Waals surface area contributed by atoms with Crippen molar-refractivity contribution in [2.75, 3.05) is 39.1 Å². The van der Waals surface area contributed by atoms with Gasteiger partial charge in [0, 0.05) is 90.6 Å². The Morgan fingerprint density at radius 3 is 2.80 bits per heavy atom. The first kappa shape index (κ1) is 42.7. The molecule has 13 nitrogen and oxygen atoms in total. The number of ether oxygens (including phenoxy) is 2. The molecule has 2 aromatic rings. The van der Waals surface area contributed by atoms with Gasteiger partial charge in [0.05, 0.1) is 24.2 Å². The number of amides is 1. The minimum Gasteiger partial charge on any atom is -0.481 e. The lowest BCUT2D eigenvalue weighted by Crippen LogP contribution is -2.71. The van der Waals surface area contributed by atoms with Crippen LogP contribution in [0.2, 0.25) is 0 Å². The van der Waals surface area contributed by atoms with Crippen LogP contribution in [0.1, 0.15) is 64.0 Å². The number of hydrogen-bond donors (Lipinski definition) is 5. The van der Waals surface area contributed by atoms with Gasteiger partial charge in [-0.15, -0.1) is 0 Å². The fourth-order valence-electron chi connectivity index (χ4n) is 10.6. The first-order valence-electron chi connectivity index (χ1n) is 21.1. The molecule has 2 fully saturated rings. The van der Waals surface area contributed by atoms with Crippen LogP contribution < -0.4 is 26.7 Å². The molecule has 1 aromatic carbocycles. The summed E-state index contributed by atoms with van der Waals surface area (Å²) >= 11 is 0. The van der Waals surface area contributed by atoms with E-state index in [2.05, 4.69) is 16.7 Å². The van der Waals surface area contributed by atoms with Gasteiger partial charge in [0.25, 0.3) is 0 Å². The Bertz CT molecular complexity index is 2250. The molecular weight excluding hydrogens is 805 g/mol. The predicted molar refractivity (Wildman–Crippen MR) is 232 cm³/mol. The van der Waals surface area contributed by atoms with Crippen LogP contribution in [0, 0.1) is 23.7 Å². The molecule has 6 aliphatic rings. The van der Waals surface area contributed by atoms with E-state index in [1.807, 2.05) is 37.1 Å². The molecule has 1 amide bonds. The number of aliphatic hydroxyl groups excluding tert-OH is 2. The molecule has 1 aromatic heterocycles. The summed E-state index contributed by atoms with van der Waals surface area (Å²) in [5, 5.41) is 26.8. The van der Waals surface area contributed by atoms with Crippen LogP contribution >= 0.6 is 21.6 Å². The zero-order chi connectivity index (χ0) is 42.5. The first-order chi connectivity index (χ1) is 28.9. The van der Waals surface area contributed by atoms with Gasteiger partial charge in [-0.1, -0.05) is 39.3 Å². The highest BCUT2D eigenvalue weighted by molar-refractivity contribution is 8.77. The Kier molecular flexibility index (Phi) is 12.1. The molecule has 6 N–H and O–H groups in total. The molecule has 9 unspecified atom stereocenters. The van der Waals surface area contributed by atoms with E-state index >= 15 is 0 Å². The lowest BCUT2D eigenvalue weighted by Gasteiger charge is -2.58. The van der Waals surface area contributed by atoms with E-state index in [1.54, 1.807) is 47.6 Å². The predicted octanol–water partition coefficient (Wildman–Crippen LogP) is 4.09. The van der Waals surface area contributed by atoms with E-state index in [-0.39, 0.29) is 60.6 Å². The maximum Gasteiger partial charge on any atom is 0.339 e. The molecule has 0 radical (unpaired) electrons. The van der Waals surface area contributed by atoms with Gasteiger partial charge in [-0.3, -0.25) is 4.79 Å². The van der Waals surface area contributed by atoms with Crippen molar-refractivity contribution in [2.24, 2.45) is 29.4 Å². The highest BCUT2D eigenvalue weighted by atomic mass is 33.1. The number of benzene rings is 1. The molecule has 322 valence electrons. The van der Waals surface area contributed by atoms with Crippen molar-refractivity contribution >= 4 is 50.7 Å². The van der Waals surface area contributed by atoms with Crippen molar-refractivity contribution in [3.63, 3.8) is 0 Å². The summed E-state index contributed by atoms with van der Waals surface area (Å²) in [6.07, 6.45) is 9.78. The van der Waals surface area contributed by atoms with Gasteiger partial charge in [0.15, 0.2) is 11.2 Å². The van der Waals surface area contributed by atoms with Gasteiger partial charge >= 0.3 is 11.6 Å². The second kappa shape index (κ2) is 17.0. The number of hydrogen-bond acceptors (Lipinski definition) is 14. The lowest BCUT2D eigenvalue weighted by molar-refractivity contribution is -0.186. The maximum absolute atomic E-state index is 14.5. The fourth-order valence-corrected chi connectivity index (χ4v) is 13.7. The van der Waals surface area contributed by atoms with Crippen LogP contribution in [0.3, 0.4) is 0 Å². The first-order valence-corrected chi connectivity index (χ1v) is 23.4. The zero-order valence-electron chi connectivity index (χ0n) is 34.7. The number of carbonyl (C=O) groups excluding carboxylic acids is 3. The van der Waals surface area contributed by atoms with E-state index < -0.39 is 28.7 Å². The Hall–Kier alpha value is -4.02.